The average Bonchev–Trinajstić information content (AvgIpc) is 2.70. The maximum Gasteiger partial charge on any atom is 0.236 e. The summed E-state index contributed by atoms with van der Waals surface area (Å²) >= 11 is 0. The summed E-state index contributed by atoms with van der Waals surface area (Å²) in [6.45, 7) is 3.37. The smallest absolute Gasteiger partial charge is 0.236 e. The first-order valence-corrected chi connectivity index (χ1v) is 10.1. The van der Waals surface area contributed by atoms with Crippen LogP contribution in [0.1, 0.15) is 37.7 Å². The van der Waals surface area contributed by atoms with Crippen LogP contribution < -0.4 is 5.73 Å². The van der Waals surface area contributed by atoms with E-state index in [1.165, 1.54) is 19.3 Å². The SMILES string of the molecule is CN(C(=O)CN1CCN(C(=O)Cc2ccc(N)cc2)CC1)C1CCCCC1.Cl.Cl. The first kappa shape index (κ1) is 25.5. The minimum atomic E-state index is 0. The van der Waals surface area contributed by atoms with Gasteiger partial charge in [-0.3, -0.25) is 14.5 Å². The molecule has 0 bridgehead atoms. The van der Waals surface area contributed by atoms with E-state index < -0.39 is 0 Å². The van der Waals surface area contributed by atoms with Crippen molar-refractivity contribution in [3.63, 3.8) is 0 Å². The van der Waals surface area contributed by atoms with Crippen LogP contribution in [0.5, 0.6) is 0 Å². The number of carbonyl (C=O) groups excluding carboxylic acids is 2. The lowest BCUT2D eigenvalue weighted by Crippen LogP contribution is -2.52. The molecule has 1 aliphatic carbocycles. The Balaban J connectivity index is 0.00000210. The lowest BCUT2D eigenvalue weighted by molar-refractivity contribution is -0.135. The summed E-state index contributed by atoms with van der Waals surface area (Å²) in [5.41, 5.74) is 7.39. The van der Waals surface area contributed by atoms with Gasteiger partial charge in [0.2, 0.25) is 11.8 Å². The standard InChI is InChI=1S/C21H32N4O2.2ClH/c1-23(19-5-3-2-4-6-19)21(27)16-24-11-13-25(14-12-24)20(26)15-17-7-9-18(22)10-8-17;;/h7-10,19H,2-6,11-16,22H2,1H3;2*1H. The summed E-state index contributed by atoms with van der Waals surface area (Å²) < 4.78 is 0. The van der Waals surface area contributed by atoms with Gasteiger partial charge in [-0.05, 0) is 30.5 Å². The number of halogens is 2. The molecule has 0 atom stereocenters. The molecule has 164 valence electrons. The minimum Gasteiger partial charge on any atom is -0.399 e. The van der Waals surface area contributed by atoms with Crippen molar-refractivity contribution in [1.29, 1.82) is 0 Å². The highest BCUT2D eigenvalue weighted by Gasteiger charge is 2.26. The molecule has 2 N–H and O–H groups in total. The van der Waals surface area contributed by atoms with E-state index in [9.17, 15) is 9.59 Å². The van der Waals surface area contributed by atoms with Crippen LogP contribution in [0.4, 0.5) is 5.69 Å². The number of carbonyl (C=O) groups is 2. The number of hydrogen-bond acceptors (Lipinski definition) is 4. The number of amides is 2. The molecular weight excluding hydrogens is 411 g/mol. The molecule has 1 saturated carbocycles. The van der Waals surface area contributed by atoms with E-state index in [0.29, 0.717) is 37.8 Å². The third-order valence-corrected chi connectivity index (χ3v) is 5.93. The molecule has 1 aliphatic heterocycles. The van der Waals surface area contributed by atoms with Crippen molar-refractivity contribution in [2.75, 3.05) is 45.5 Å². The first-order valence-electron chi connectivity index (χ1n) is 10.1. The number of likely N-dealkylation sites (N-methyl/N-ethyl adjacent to an activating group) is 1. The van der Waals surface area contributed by atoms with Gasteiger partial charge >= 0.3 is 0 Å². The van der Waals surface area contributed by atoms with E-state index in [2.05, 4.69) is 4.90 Å². The van der Waals surface area contributed by atoms with Crippen molar-refractivity contribution in [3.8, 4) is 0 Å². The van der Waals surface area contributed by atoms with Gasteiger partial charge in [-0.25, -0.2) is 0 Å². The molecule has 29 heavy (non-hydrogen) atoms. The molecule has 0 aromatic heterocycles. The molecule has 0 radical (unpaired) electrons. The molecule has 6 nitrogen and oxygen atoms in total. The first-order chi connectivity index (χ1) is 13.0. The zero-order valence-corrected chi connectivity index (χ0v) is 18.8. The van der Waals surface area contributed by atoms with E-state index in [1.54, 1.807) is 0 Å². The molecule has 0 spiro atoms. The number of piperazine rings is 1. The van der Waals surface area contributed by atoms with Crippen LogP contribution in [0.15, 0.2) is 24.3 Å². The van der Waals surface area contributed by atoms with Crippen LogP contribution in [0.25, 0.3) is 0 Å². The number of benzene rings is 1. The van der Waals surface area contributed by atoms with Crippen LogP contribution in [-0.2, 0) is 16.0 Å². The third-order valence-electron chi connectivity index (χ3n) is 5.93. The Kier molecular flexibility index (Phi) is 10.8. The minimum absolute atomic E-state index is 0. The zero-order chi connectivity index (χ0) is 19.2. The van der Waals surface area contributed by atoms with E-state index in [4.69, 9.17) is 5.73 Å². The Labute approximate surface area is 186 Å². The van der Waals surface area contributed by atoms with Crippen LogP contribution in [0.3, 0.4) is 0 Å². The lowest BCUT2D eigenvalue weighted by Gasteiger charge is -2.37. The molecule has 2 amide bonds. The third kappa shape index (κ3) is 7.36. The van der Waals surface area contributed by atoms with Crippen LogP contribution in [0, 0.1) is 0 Å². The van der Waals surface area contributed by atoms with Gasteiger partial charge in [0, 0.05) is 45.0 Å². The molecule has 1 heterocycles. The molecular formula is C21H34Cl2N4O2. The second-order valence-corrected chi connectivity index (χ2v) is 7.87. The van der Waals surface area contributed by atoms with Gasteiger partial charge in [-0.15, -0.1) is 24.8 Å². The van der Waals surface area contributed by atoms with Crippen molar-refractivity contribution in [2.24, 2.45) is 0 Å². The summed E-state index contributed by atoms with van der Waals surface area (Å²) in [4.78, 5) is 31.1. The predicted octanol–water partition coefficient (Wildman–Crippen LogP) is 2.59. The highest BCUT2D eigenvalue weighted by atomic mass is 35.5. The van der Waals surface area contributed by atoms with Gasteiger partial charge in [0.25, 0.3) is 0 Å². The monoisotopic (exact) mass is 444 g/mol. The highest BCUT2D eigenvalue weighted by molar-refractivity contribution is 5.85. The normalized spacial score (nSPS) is 17.8. The molecule has 2 aliphatic rings. The molecule has 8 heteroatoms. The number of hydrogen-bond donors (Lipinski definition) is 1. The Morgan fingerprint density at radius 3 is 2.17 bits per heavy atom. The summed E-state index contributed by atoms with van der Waals surface area (Å²) in [6, 6.07) is 7.88. The number of nitrogen functional groups attached to an aromatic ring is 1. The second-order valence-electron chi connectivity index (χ2n) is 7.87. The maximum absolute atomic E-state index is 12.6. The summed E-state index contributed by atoms with van der Waals surface area (Å²) in [6.07, 6.45) is 6.44. The summed E-state index contributed by atoms with van der Waals surface area (Å²) in [7, 11) is 1.95. The largest absolute Gasteiger partial charge is 0.399 e. The number of nitrogens with two attached hydrogens (primary N) is 1. The zero-order valence-electron chi connectivity index (χ0n) is 17.2. The van der Waals surface area contributed by atoms with Gasteiger partial charge in [-0.1, -0.05) is 31.4 Å². The number of nitrogens with zero attached hydrogens (tertiary/aromatic N) is 3. The van der Waals surface area contributed by atoms with Gasteiger partial charge in [-0.2, -0.15) is 0 Å². The average molecular weight is 445 g/mol. The molecule has 1 aromatic carbocycles. The Hall–Kier alpha value is -1.50. The maximum atomic E-state index is 12.6. The van der Waals surface area contributed by atoms with Gasteiger partial charge in [0.05, 0.1) is 13.0 Å². The molecule has 1 saturated heterocycles. The van der Waals surface area contributed by atoms with Crippen LogP contribution in [-0.4, -0.2) is 72.3 Å². The number of rotatable bonds is 5. The summed E-state index contributed by atoms with van der Waals surface area (Å²) in [5, 5.41) is 0. The number of anilines is 1. The summed E-state index contributed by atoms with van der Waals surface area (Å²) in [5.74, 6) is 0.355. The van der Waals surface area contributed by atoms with E-state index in [1.807, 2.05) is 41.1 Å². The van der Waals surface area contributed by atoms with Crippen molar-refractivity contribution in [3.05, 3.63) is 29.8 Å². The Bertz CT molecular complexity index is 643. The topological polar surface area (TPSA) is 69.9 Å². The van der Waals surface area contributed by atoms with Crippen molar-refractivity contribution in [1.82, 2.24) is 14.7 Å². The van der Waals surface area contributed by atoms with Gasteiger partial charge < -0.3 is 15.5 Å². The van der Waals surface area contributed by atoms with E-state index in [0.717, 1.165) is 31.5 Å². The molecule has 0 unspecified atom stereocenters. The molecule has 2 fully saturated rings. The van der Waals surface area contributed by atoms with Crippen molar-refractivity contribution >= 4 is 42.3 Å². The van der Waals surface area contributed by atoms with Crippen LogP contribution in [0.2, 0.25) is 0 Å². The van der Waals surface area contributed by atoms with E-state index in [-0.39, 0.29) is 36.6 Å². The van der Waals surface area contributed by atoms with Crippen molar-refractivity contribution in [2.45, 2.75) is 44.6 Å². The van der Waals surface area contributed by atoms with Crippen LogP contribution >= 0.6 is 24.8 Å². The molecule has 1 aromatic rings. The highest BCUT2D eigenvalue weighted by Crippen LogP contribution is 2.21. The quantitative estimate of drug-likeness (QED) is 0.708. The fraction of sp³-hybridized carbons (Fsp3) is 0.619. The Morgan fingerprint density at radius 1 is 1.00 bits per heavy atom. The van der Waals surface area contributed by atoms with E-state index >= 15 is 0 Å². The lowest BCUT2D eigenvalue weighted by atomic mass is 9.94. The second kappa shape index (κ2) is 12.3. The molecule has 3 rings (SSSR count). The van der Waals surface area contributed by atoms with Gasteiger partial charge in [0.15, 0.2) is 0 Å². The predicted molar refractivity (Wildman–Crippen MR) is 122 cm³/mol. The fourth-order valence-corrected chi connectivity index (χ4v) is 4.05. The fourth-order valence-electron chi connectivity index (χ4n) is 4.05. The van der Waals surface area contributed by atoms with Gasteiger partial charge in [0.1, 0.15) is 0 Å². The van der Waals surface area contributed by atoms with Crippen molar-refractivity contribution < 1.29 is 9.59 Å². The Morgan fingerprint density at radius 2 is 1.59 bits per heavy atom.